The van der Waals surface area contributed by atoms with E-state index in [0.29, 0.717) is 5.75 Å². The van der Waals surface area contributed by atoms with Crippen LogP contribution in [0.25, 0.3) is 0 Å². The molecule has 0 aliphatic heterocycles. The molecule has 0 aromatic heterocycles. The van der Waals surface area contributed by atoms with Gasteiger partial charge >= 0.3 is 0 Å². The van der Waals surface area contributed by atoms with Gasteiger partial charge in [0.05, 0.1) is 0 Å². The predicted octanol–water partition coefficient (Wildman–Crippen LogP) is 5.56. The standard InChI is InChI=1S/C21H26O/c1-4-21(5-2,19-13-11-17(3)12-14-19)15-7-9-18-8-6-10-20(22)16-18/h4,6,8,10-14,16,22H,1,5,7,9,15H2,2-3H3. The second-order valence-corrected chi connectivity index (χ2v) is 6.10. The first kappa shape index (κ1) is 16.4. The first-order valence-electron chi connectivity index (χ1n) is 8.08. The largest absolute Gasteiger partial charge is 0.508 e. The van der Waals surface area contributed by atoms with Crippen LogP contribution in [0.15, 0.2) is 61.2 Å². The van der Waals surface area contributed by atoms with Crippen molar-refractivity contribution in [3.8, 4) is 5.75 Å². The highest BCUT2D eigenvalue weighted by molar-refractivity contribution is 5.33. The van der Waals surface area contributed by atoms with Gasteiger partial charge in [-0.15, -0.1) is 6.58 Å². The lowest BCUT2D eigenvalue weighted by molar-refractivity contribution is 0.455. The molecule has 2 aromatic rings. The van der Waals surface area contributed by atoms with Crippen molar-refractivity contribution in [1.29, 1.82) is 0 Å². The minimum absolute atomic E-state index is 0.0462. The van der Waals surface area contributed by atoms with Gasteiger partial charge < -0.3 is 5.11 Å². The average Bonchev–Trinajstić information content (AvgIpc) is 2.53. The first-order valence-corrected chi connectivity index (χ1v) is 8.08. The Morgan fingerprint density at radius 3 is 2.45 bits per heavy atom. The Morgan fingerprint density at radius 1 is 1.14 bits per heavy atom. The quantitative estimate of drug-likeness (QED) is 0.663. The number of phenols is 1. The number of rotatable bonds is 7. The molecule has 22 heavy (non-hydrogen) atoms. The SMILES string of the molecule is C=CC(CC)(CCCc1cccc(O)c1)c1ccc(C)cc1. The maximum Gasteiger partial charge on any atom is 0.115 e. The van der Waals surface area contributed by atoms with Crippen LogP contribution in [0.4, 0.5) is 0 Å². The third kappa shape index (κ3) is 3.79. The van der Waals surface area contributed by atoms with Crippen LogP contribution in [0.1, 0.15) is 42.9 Å². The summed E-state index contributed by atoms with van der Waals surface area (Å²) in [4.78, 5) is 0. The molecule has 1 heteroatoms. The lowest BCUT2D eigenvalue weighted by Crippen LogP contribution is -2.22. The lowest BCUT2D eigenvalue weighted by Gasteiger charge is -2.30. The van der Waals surface area contributed by atoms with Gasteiger partial charge in [0.2, 0.25) is 0 Å². The van der Waals surface area contributed by atoms with Crippen LogP contribution in [0.5, 0.6) is 5.75 Å². The smallest absolute Gasteiger partial charge is 0.115 e. The Morgan fingerprint density at radius 2 is 1.86 bits per heavy atom. The van der Waals surface area contributed by atoms with E-state index < -0.39 is 0 Å². The zero-order valence-corrected chi connectivity index (χ0v) is 13.7. The van der Waals surface area contributed by atoms with Crippen molar-refractivity contribution in [2.45, 2.75) is 44.9 Å². The van der Waals surface area contributed by atoms with E-state index in [2.05, 4.69) is 56.8 Å². The van der Waals surface area contributed by atoms with E-state index in [4.69, 9.17) is 0 Å². The zero-order chi connectivity index (χ0) is 16.0. The number of hydrogen-bond donors (Lipinski definition) is 1. The van der Waals surface area contributed by atoms with Gasteiger partial charge in [-0.05, 0) is 55.9 Å². The molecule has 0 fully saturated rings. The minimum atomic E-state index is 0.0462. The van der Waals surface area contributed by atoms with Gasteiger partial charge in [0.25, 0.3) is 0 Å². The number of aromatic hydroxyl groups is 1. The summed E-state index contributed by atoms with van der Waals surface area (Å²) >= 11 is 0. The van der Waals surface area contributed by atoms with Crippen LogP contribution in [0, 0.1) is 6.92 Å². The van der Waals surface area contributed by atoms with E-state index in [-0.39, 0.29) is 5.41 Å². The minimum Gasteiger partial charge on any atom is -0.508 e. The second-order valence-electron chi connectivity index (χ2n) is 6.10. The molecule has 0 saturated carbocycles. The lowest BCUT2D eigenvalue weighted by atomic mass is 9.74. The molecular formula is C21H26O. The van der Waals surface area contributed by atoms with Gasteiger partial charge in [-0.25, -0.2) is 0 Å². The summed E-state index contributed by atoms with van der Waals surface area (Å²) in [6.45, 7) is 8.45. The van der Waals surface area contributed by atoms with Gasteiger partial charge in [-0.1, -0.05) is 55.0 Å². The summed E-state index contributed by atoms with van der Waals surface area (Å²) in [7, 11) is 0. The van der Waals surface area contributed by atoms with Gasteiger partial charge in [0.15, 0.2) is 0 Å². The molecule has 0 radical (unpaired) electrons. The molecule has 1 unspecified atom stereocenters. The van der Waals surface area contributed by atoms with Crippen molar-refractivity contribution in [1.82, 2.24) is 0 Å². The number of phenolic OH excluding ortho intramolecular Hbond substituents is 1. The predicted molar refractivity (Wildman–Crippen MR) is 94.4 cm³/mol. The fourth-order valence-corrected chi connectivity index (χ4v) is 3.09. The Hall–Kier alpha value is -2.02. The fourth-order valence-electron chi connectivity index (χ4n) is 3.09. The average molecular weight is 294 g/mol. The van der Waals surface area contributed by atoms with Crippen molar-refractivity contribution in [2.24, 2.45) is 0 Å². The Labute approximate surface area is 134 Å². The van der Waals surface area contributed by atoms with Crippen LogP contribution in [-0.2, 0) is 11.8 Å². The summed E-state index contributed by atoms with van der Waals surface area (Å²) in [5, 5.41) is 9.55. The zero-order valence-electron chi connectivity index (χ0n) is 13.7. The molecule has 0 heterocycles. The van der Waals surface area contributed by atoms with Crippen molar-refractivity contribution < 1.29 is 5.11 Å². The van der Waals surface area contributed by atoms with Crippen LogP contribution >= 0.6 is 0 Å². The van der Waals surface area contributed by atoms with E-state index in [0.717, 1.165) is 25.7 Å². The molecule has 0 aliphatic carbocycles. The van der Waals surface area contributed by atoms with E-state index in [1.165, 1.54) is 16.7 Å². The topological polar surface area (TPSA) is 20.2 Å². The number of allylic oxidation sites excluding steroid dienone is 1. The molecule has 0 saturated heterocycles. The molecule has 1 N–H and O–H groups in total. The summed E-state index contributed by atoms with van der Waals surface area (Å²) in [5.41, 5.74) is 3.88. The highest BCUT2D eigenvalue weighted by atomic mass is 16.3. The second kappa shape index (κ2) is 7.31. The Balaban J connectivity index is 2.08. The summed E-state index contributed by atoms with van der Waals surface area (Å²) in [6.07, 6.45) is 6.30. The molecular weight excluding hydrogens is 268 g/mol. The third-order valence-electron chi connectivity index (χ3n) is 4.65. The Bertz CT molecular complexity index is 612. The molecule has 0 spiro atoms. The number of hydrogen-bond acceptors (Lipinski definition) is 1. The number of benzene rings is 2. The molecule has 1 atom stereocenters. The van der Waals surface area contributed by atoms with E-state index in [1.807, 2.05) is 12.1 Å². The van der Waals surface area contributed by atoms with Crippen LogP contribution in [0.2, 0.25) is 0 Å². The van der Waals surface area contributed by atoms with Gasteiger partial charge in [0, 0.05) is 5.41 Å². The Kier molecular flexibility index (Phi) is 5.43. The highest BCUT2D eigenvalue weighted by Crippen LogP contribution is 2.35. The summed E-state index contributed by atoms with van der Waals surface area (Å²) in [6, 6.07) is 16.4. The van der Waals surface area contributed by atoms with Gasteiger partial charge in [-0.3, -0.25) is 0 Å². The number of aryl methyl sites for hydroxylation is 2. The van der Waals surface area contributed by atoms with Crippen LogP contribution in [0.3, 0.4) is 0 Å². The van der Waals surface area contributed by atoms with E-state index in [9.17, 15) is 5.11 Å². The van der Waals surface area contributed by atoms with Crippen molar-refractivity contribution >= 4 is 0 Å². The maximum absolute atomic E-state index is 9.55. The maximum atomic E-state index is 9.55. The fraction of sp³-hybridized carbons (Fsp3) is 0.333. The third-order valence-corrected chi connectivity index (χ3v) is 4.65. The molecule has 2 rings (SSSR count). The van der Waals surface area contributed by atoms with E-state index in [1.54, 1.807) is 6.07 Å². The first-order chi connectivity index (χ1) is 10.6. The molecule has 0 bridgehead atoms. The van der Waals surface area contributed by atoms with Crippen LogP contribution in [-0.4, -0.2) is 5.11 Å². The van der Waals surface area contributed by atoms with Crippen molar-refractivity contribution in [2.75, 3.05) is 0 Å². The summed E-state index contributed by atoms with van der Waals surface area (Å²) in [5.74, 6) is 0.349. The molecule has 1 nitrogen and oxygen atoms in total. The van der Waals surface area contributed by atoms with Crippen molar-refractivity contribution in [3.63, 3.8) is 0 Å². The van der Waals surface area contributed by atoms with E-state index >= 15 is 0 Å². The van der Waals surface area contributed by atoms with Gasteiger partial charge in [0.1, 0.15) is 5.75 Å². The molecule has 116 valence electrons. The van der Waals surface area contributed by atoms with Gasteiger partial charge in [-0.2, -0.15) is 0 Å². The molecule has 0 amide bonds. The van der Waals surface area contributed by atoms with Crippen molar-refractivity contribution in [3.05, 3.63) is 77.9 Å². The monoisotopic (exact) mass is 294 g/mol. The molecule has 2 aromatic carbocycles. The summed E-state index contributed by atoms with van der Waals surface area (Å²) < 4.78 is 0. The normalized spacial score (nSPS) is 13.5. The highest BCUT2D eigenvalue weighted by Gasteiger charge is 2.26. The van der Waals surface area contributed by atoms with Crippen LogP contribution < -0.4 is 0 Å². The molecule has 0 aliphatic rings.